The van der Waals surface area contributed by atoms with Crippen molar-refractivity contribution >= 4 is 17.6 Å². The summed E-state index contributed by atoms with van der Waals surface area (Å²) in [6.07, 6.45) is 6.68. The maximum atomic E-state index is 12.7. The number of nitrogens with one attached hydrogen (secondary N) is 1. The lowest BCUT2D eigenvalue weighted by atomic mass is 10.1. The summed E-state index contributed by atoms with van der Waals surface area (Å²) in [5.74, 6) is -0.0340. The van der Waals surface area contributed by atoms with E-state index in [0.717, 1.165) is 17.5 Å². The van der Waals surface area contributed by atoms with E-state index in [1.54, 1.807) is 6.07 Å². The predicted octanol–water partition coefficient (Wildman–Crippen LogP) is 5.67. The van der Waals surface area contributed by atoms with E-state index >= 15 is 0 Å². The van der Waals surface area contributed by atoms with Gasteiger partial charge in [-0.3, -0.25) is 4.79 Å². The van der Waals surface area contributed by atoms with E-state index in [2.05, 4.69) is 18.5 Å². The molecule has 0 fully saturated rings. The maximum Gasteiger partial charge on any atom is 0.333 e. The van der Waals surface area contributed by atoms with Crippen molar-refractivity contribution in [1.29, 1.82) is 0 Å². The third-order valence-electron chi connectivity index (χ3n) is 3.56. The molecule has 0 aliphatic heterocycles. The summed E-state index contributed by atoms with van der Waals surface area (Å²) >= 11 is 0. The standard InChI is InChI=1S/C20H28N2O2.C2H4/c1-7-8-9-18(12-14(2)3)21-20(24)22(17(6)23)19-11-10-15(4)16(5)13-19;1-2/h8-14H,7H2,1-6H3,(H,21,24);1-2H2/b9-8-,18-12+;. The molecule has 142 valence electrons. The largest absolute Gasteiger partial charge is 0.333 e. The molecule has 1 rings (SSSR count). The van der Waals surface area contributed by atoms with E-state index in [9.17, 15) is 9.59 Å². The Bertz CT molecular complexity index is 673. The van der Waals surface area contributed by atoms with Gasteiger partial charge in [0.05, 0.1) is 5.69 Å². The molecule has 0 aromatic heterocycles. The number of urea groups is 1. The molecule has 0 radical (unpaired) electrons. The Morgan fingerprint density at radius 3 is 2.27 bits per heavy atom. The van der Waals surface area contributed by atoms with Crippen LogP contribution in [0.1, 0.15) is 45.2 Å². The smallest absolute Gasteiger partial charge is 0.307 e. The van der Waals surface area contributed by atoms with Crippen LogP contribution in [-0.4, -0.2) is 11.9 Å². The molecular weight excluding hydrogens is 324 g/mol. The van der Waals surface area contributed by atoms with Gasteiger partial charge in [-0.05, 0) is 55.5 Å². The highest BCUT2D eigenvalue weighted by Crippen LogP contribution is 2.19. The number of carbonyl (C=O) groups is 2. The van der Waals surface area contributed by atoms with E-state index in [1.165, 1.54) is 11.8 Å². The molecule has 0 bridgehead atoms. The topological polar surface area (TPSA) is 49.4 Å². The lowest BCUT2D eigenvalue weighted by molar-refractivity contribution is -0.115. The summed E-state index contributed by atoms with van der Waals surface area (Å²) < 4.78 is 0. The van der Waals surface area contributed by atoms with Gasteiger partial charge in [-0.15, -0.1) is 13.2 Å². The molecule has 0 atom stereocenters. The van der Waals surface area contributed by atoms with Crippen molar-refractivity contribution in [1.82, 2.24) is 5.32 Å². The molecule has 0 aliphatic rings. The Morgan fingerprint density at radius 1 is 1.19 bits per heavy atom. The first-order valence-electron chi connectivity index (χ1n) is 8.83. The summed E-state index contributed by atoms with van der Waals surface area (Å²) in [4.78, 5) is 25.9. The Balaban J connectivity index is 0.00000301. The maximum absolute atomic E-state index is 12.7. The van der Waals surface area contributed by atoms with Crippen LogP contribution in [0.15, 0.2) is 55.3 Å². The number of rotatable bonds is 5. The Morgan fingerprint density at radius 2 is 1.81 bits per heavy atom. The van der Waals surface area contributed by atoms with Gasteiger partial charge in [0.2, 0.25) is 5.91 Å². The fourth-order valence-electron chi connectivity index (χ4n) is 2.23. The number of allylic oxidation sites excluding steroid dienone is 3. The van der Waals surface area contributed by atoms with Crippen LogP contribution >= 0.6 is 0 Å². The Labute approximate surface area is 158 Å². The van der Waals surface area contributed by atoms with Crippen molar-refractivity contribution in [3.8, 4) is 0 Å². The highest BCUT2D eigenvalue weighted by molar-refractivity contribution is 6.13. The van der Waals surface area contributed by atoms with Crippen molar-refractivity contribution < 1.29 is 9.59 Å². The van der Waals surface area contributed by atoms with Crippen LogP contribution in [-0.2, 0) is 4.79 Å². The fraction of sp³-hybridized carbons (Fsp3) is 0.364. The van der Waals surface area contributed by atoms with Gasteiger partial charge in [-0.2, -0.15) is 0 Å². The molecule has 0 aliphatic carbocycles. The second-order valence-electron chi connectivity index (χ2n) is 6.23. The van der Waals surface area contributed by atoms with Gasteiger partial charge < -0.3 is 5.32 Å². The van der Waals surface area contributed by atoms with Crippen molar-refractivity contribution in [2.75, 3.05) is 4.90 Å². The third kappa shape index (κ3) is 7.51. The molecule has 3 amide bonds. The molecule has 0 spiro atoms. The SMILES string of the molecule is C=C.CC/C=C\C(=C/C(C)C)NC(=O)N(C(C)=O)c1ccc(C)c(C)c1. The molecule has 0 unspecified atom stereocenters. The number of benzene rings is 1. The van der Waals surface area contributed by atoms with Crippen LogP contribution in [0.3, 0.4) is 0 Å². The van der Waals surface area contributed by atoms with Crippen molar-refractivity contribution in [3.63, 3.8) is 0 Å². The van der Waals surface area contributed by atoms with Gasteiger partial charge in [0.25, 0.3) is 0 Å². The van der Waals surface area contributed by atoms with E-state index < -0.39 is 6.03 Å². The average Bonchev–Trinajstić information content (AvgIpc) is 2.57. The quantitative estimate of drug-likeness (QED) is 0.545. The van der Waals surface area contributed by atoms with Crippen molar-refractivity contribution in [2.24, 2.45) is 5.92 Å². The number of hydrogen-bond donors (Lipinski definition) is 1. The Hall–Kier alpha value is -2.62. The summed E-state index contributed by atoms with van der Waals surface area (Å²) in [7, 11) is 0. The van der Waals surface area contributed by atoms with Crippen LogP contribution in [0.4, 0.5) is 10.5 Å². The number of nitrogens with zero attached hydrogens (tertiary/aromatic N) is 1. The summed E-state index contributed by atoms with van der Waals surface area (Å²) in [5, 5.41) is 2.84. The zero-order chi connectivity index (χ0) is 20.3. The molecule has 4 heteroatoms. The molecule has 0 saturated heterocycles. The van der Waals surface area contributed by atoms with E-state index in [4.69, 9.17) is 0 Å². The van der Waals surface area contributed by atoms with Gasteiger partial charge in [-0.25, -0.2) is 9.69 Å². The van der Waals surface area contributed by atoms with Crippen LogP contribution in [0, 0.1) is 19.8 Å². The lowest BCUT2D eigenvalue weighted by Gasteiger charge is -2.21. The first-order valence-corrected chi connectivity index (χ1v) is 8.83. The Kier molecular flexibility index (Phi) is 10.7. The van der Waals surface area contributed by atoms with Crippen LogP contribution in [0.5, 0.6) is 0 Å². The normalized spacial score (nSPS) is 11.1. The molecular formula is C22H32N2O2. The predicted molar refractivity (Wildman–Crippen MR) is 111 cm³/mol. The van der Waals surface area contributed by atoms with Gasteiger partial charge in [0.15, 0.2) is 0 Å². The minimum Gasteiger partial charge on any atom is -0.307 e. The number of imide groups is 1. The number of carbonyl (C=O) groups excluding carboxylic acids is 2. The average molecular weight is 357 g/mol. The molecule has 1 aromatic rings. The molecule has 4 nitrogen and oxygen atoms in total. The zero-order valence-electron chi connectivity index (χ0n) is 16.9. The second kappa shape index (κ2) is 11.9. The summed E-state index contributed by atoms with van der Waals surface area (Å²) in [6, 6.07) is 5.11. The van der Waals surface area contributed by atoms with Crippen LogP contribution < -0.4 is 10.2 Å². The van der Waals surface area contributed by atoms with Gasteiger partial charge >= 0.3 is 6.03 Å². The van der Waals surface area contributed by atoms with E-state index in [1.807, 2.05) is 65.0 Å². The van der Waals surface area contributed by atoms with Gasteiger partial charge in [-0.1, -0.05) is 39.0 Å². The van der Waals surface area contributed by atoms with Crippen molar-refractivity contribution in [2.45, 2.75) is 48.0 Å². The summed E-state index contributed by atoms with van der Waals surface area (Å²) in [6.45, 7) is 17.5. The van der Waals surface area contributed by atoms with Crippen LogP contribution in [0.2, 0.25) is 0 Å². The van der Waals surface area contributed by atoms with Gasteiger partial charge in [0, 0.05) is 12.6 Å². The summed E-state index contributed by atoms with van der Waals surface area (Å²) in [5.41, 5.74) is 3.43. The van der Waals surface area contributed by atoms with Crippen LogP contribution in [0.25, 0.3) is 0 Å². The highest BCUT2D eigenvalue weighted by Gasteiger charge is 2.21. The molecule has 26 heavy (non-hydrogen) atoms. The molecule has 1 aromatic carbocycles. The number of aryl methyl sites for hydroxylation is 2. The number of anilines is 1. The fourth-order valence-corrected chi connectivity index (χ4v) is 2.23. The monoisotopic (exact) mass is 356 g/mol. The number of amides is 3. The van der Waals surface area contributed by atoms with Crippen molar-refractivity contribution in [3.05, 3.63) is 66.4 Å². The third-order valence-corrected chi connectivity index (χ3v) is 3.56. The minimum atomic E-state index is -0.446. The minimum absolute atomic E-state index is 0.286. The molecule has 1 N–H and O–H groups in total. The first-order chi connectivity index (χ1) is 12.3. The number of hydrogen-bond acceptors (Lipinski definition) is 2. The van der Waals surface area contributed by atoms with Gasteiger partial charge in [0.1, 0.15) is 0 Å². The zero-order valence-corrected chi connectivity index (χ0v) is 16.9. The van der Waals surface area contributed by atoms with E-state index in [0.29, 0.717) is 11.4 Å². The lowest BCUT2D eigenvalue weighted by Crippen LogP contribution is -2.42. The van der Waals surface area contributed by atoms with E-state index in [-0.39, 0.29) is 11.8 Å². The first kappa shape index (κ1) is 23.4. The molecule has 0 heterocycles. The second-order valence-corrected chi connectivity index (χ2v) is 6.23. The highest BCUT2D eigenvalue weighted by atomic mass is 16.2. The molecule has 0 saturated carbocycles.